The lowest BCUT2D eigenvalue weighted by molar-refractivity contribution is 0.193. The monoisotopic (exact) mass is 1920 g/mol. The zero-order chi connectivity index (χ0) is 104. The van der Waals surface area contributed by atoms with Gasteiger partial charge in [0.1, 0.15) is 0 Å². The molecule has 36 heteroatoms. The minimum absolute atomic E-state index is 0.00463. The van der Waals surface area contributed by atoms with Crippen LogP contribution >= 0.6 is 0 Å². The van der Waals surface area contributed by atoms with Crippen molar-refractivity contribution in [2.45, 2.75) is 377 Å². The zero-order valence-corrected chi connectivity index (χ0v) is 95.1. The Morgan fingerprint density at radius 3 is 0.844 bits per heavy atom. The number of rotatable bonds is 67. The van der Waals surface area contributed by atoms with Crippen LogP contribution < -0.4 is 16.4 Å². The van der Waals surface area contributed by atoms with E-state index in [0.29, 0.717) is 64.5 Å². The first kappa shape index (κ1) is 150. The summed E-state index contributed by atoms with van der Waals surface area (Å²) in [6.07, 6.45) is 14.5. The van der Waals surface area contributed by atoms with Gasteiger partial charge in [0.15, 0.2) is 0 Å². The second kappa shape index (κ2) is 118. The van der Waals surface area contributed by atoms with Crippen LogP contribution in [0.25, 0.3) is 0 Å². The van der Waals surface area contributed by atoms with Crippen LogP contribution in [0.2, 0.25) is 55.4 Å². The topological polar surface area (TPSA) is 222 Å². The predicted octanol–water partition coefficient (Wildman–Crippen LogP) is 24.0. The lowest BCUT2D eigenvalue weighted by Gasteiger charge is -2.24. The summed E-state index contributed by atoms with van der Waals surface area (Å²) in [4.78, 5) is 0. The average molecular weight is 1910 g/mol. The van der Waals surface area contributed by atoms with Crippen molar-refractivity contribution in [1.29, 1.82) is 0 Å². The number of hydrogen-bond donors (Lipinski definition) is 0. The number of unbranched alkanes of at least 4 members (excludes halogenated alkanes) is 3. The first-order valence-electron chi connectivity index (χ1n) is 52.8. The first-order chi connectivity index (χ1) is 64.8. The quantitative estimate of drug-likeness (QED) is 0.0378. The van der Waals surface area contributed by atoms with Crippen LogP contribution in [-0.2, 0) is 112 Å². The third-order valence-corrected chi connectivity index (χ3v) is 18.0. The van der Waals surface area contributed by atoms with E-state index in [1.807, 2.05) is 228 Å². The summed E-state index contributed by atoms with van der Waals surface area (Å²) < 4.78 is 129. The minimum Gasteiger partial charge on any atom is -0.412 e. The molecule has 3 aromatic carbocycles. The van der Waals surface area contributed by atoms with Gasteiger partial charge in [-0.3, -0.25) is 0 Å². The molecular formula is C99H210B12O24. The van der Waals surface area contributed by atoms with E-state index in [4.69, 9.17) is 112 Å². The van der Waals surface area contributed by atoms with Gasteiger partial charge in [-0.25, -0.2) is 0 Å². The summed E-state index contributed by atoms with van der Waals surface area (Å²) in [6, 6.07) is 26.4. The summed E-state index contributed by atoms with van der Waals surface area (Å²) in [5.74, 6) is 1.67. The molecule has 0 aromatic heterocycles. The molecule has 0 aliphatic heterocycles. The van der Waals surface area contributed by atoms with Gasteiger partial charge in [0.05, 0.1) is 0 Å². The maximum Gasteiger partial charge on any atom is 0.493 e. The van der Waals surface area contributed by atoms with Crippen molar-refractivity contribution in [3.8, 4) is 0 Å². The summed E-state index contributed by atoms with van der Waals surface area (Å²) in [5.41, 5.74) is 5.73. The van der Waals surface area contributed by atoms with E-state index in [0.717, 1.165) is 172 Å². The Morgan fingerprint density at radius 2 is 0.556 bits per heavy atom. The second-order valence-corrected chi connectivity index (χ2v) is 31.7. The molecule has 0 fully saturated rings. The maximum absolute atomic E-state index is 5.50. The molecule has 786 valence electrons. The largest absolute Gasteiger partial charge is 0.493 e. The van der Waals surface area contributed by atoms with Crippen LogP contribution in [0.3, 0.4) is 0 Å². The third-order valence-electron chi connectivity index (χ3n) is 18.0. The molecule has 0 amide bonds. The SMILES string of the molecule is CCCB(OCC)OCC.CCCCB(OCC)OCC.CCCCCB(OCC)OCC.CCOB(C)OCC.CCOB(CC)OCC.CCOB(CCC(C)C)OCC.CCOB(OCC)C(C)(C)C.CCOB(OCC)C(C)C.CCOB(OCC)C(C)CC.CCOB(OCC)c1ccc(C)cc1.CCOB(OCC)c1cccc(C)c1.CCOB(OCC)c1ccccc1. The number of hydrogen-bond acceptors (Lipinski definition) is 24. The molecule has 0 spiro atoms. The van der Waals surface area contributed by atoms with Crippen LogP contribution in [0.1, 0.15) is 319 Å². The lowest BCUT2D eigenvalue weighted by atomic mass is 9.61. The van der Waals surface area contributed by atoms with Crippen LogP contribution in [0, 0.1) is 19.8 Å². The molecule has 0 aliphatic rings. The Labute approximate surface area is 840 Å². The normalized spacial score (nSPS) is 10.5. The Hall–Kier alpha value is -2.52. The predicted molar refractivity (Wildman–Crippen MR) is 590 cm³/mol. The van der Waals surface area contributed by atoms with Crippen molar-refractivity contribution in [2.75, 3.05) is 159 Å². The van der Waals surface area contributed by atoms with E-state index < -0.39 is 0 Å². The van der Waals surface area contributed by atoms with Gasteiger partial charge < -0.3 is 112 Å². The summed E-state index contributed by atoms with van der Waals surface area (Å²) >= 11 is 0. The van der Waals surface area contributed by atoms with Crippen molar-refractivity contribution in [2.24, 2.45) is 5.92 Å². The molecule has 0 N–H and O–H groups in total. The van der Waals surface area contributed by atoms with Crippen molar-refractivity contribution >= 4 is 102 Å². The second-order valence-electron chi connectivity index (χ2n) is 31.7. The highest BCUT2D eigenvalue weighted by Crippen LogP contribution is 2.28. The highest BCUT2D eigenvalue weighted by Gasteiger charge is 2.33. The third kappa shape index (κ3) is 106. The average Bonchev–Trinajstić information content (AvgIpc) is 0.881. The lowest BCUT2D eigenvalue weighted by Crippen LogP contribution is -2.37. The van der Waals surface area contributed by atoms with Crippen molar-refractivity contribution in [3.05, 3.63) is 90.0 Å². The van der Waals surface area contributed by atoms with Gasteiger partial charge in [-0.15, -0.1) is 0 Å². The molecule has 0 saturated carbocycles. The molecule has 1 unspecified atom stereocenters. The van der Waals surface area contributed by atoms with Gasteiger partial charge in [0, 0.05) is 159 Å². The molecule has 1 atom stereocenters. The summed E-state index contributed by atoms with van der Waals surface area (Å²) in [6.45, 7) is 98.6. The smallest absolute Gasteiger partial charge is 0.412 e. The van der Waals surface area contributed by atoms with Crippen LogP contribution in [-0.4, -0.2) is 244 Å². The van der Waals surface area contributed by atoms with Crippen LogP contribution in [0.4, 0.5) is 0 Å². The van der Waals surface area contributed by atoms with Gasteiger partial charge in [-0.05, 0) is 258 Å². The van der Waals surface area contributed by atoms with Gasteiger partial charge in [-0.1, -0.05) is 231 Å². The molecule has 3 aromatic rings. The Morgan fingerprint density at radius 1 is 0.259 bits per heavy atom. The number of aryl methyl sites for hydroxylation is 2. The zero-order valence-electron chi connectivity index (χ0n) is 95.1. The molecule has 0 saturated heterocycles. The molecule has 0 radical (unpaired) electrons. The van der Waals surface area contributed by atoms with E-state index in [1.165, 1.54) is 49.7 Å². The molecular weight excluding hydrogens is 1700 g/mol. The van der Waals surface area contributed by atoms with Crippen LogP contribution in [0.15, 0.2) is 78.9 Å². The van der Waals surface area contributed by atoms with Gasteiger partial charge in [0.2, 0.25) is 0 Å². The van der Waals surface area contributed by atoms with Crippen LogP contribution in [0.5, 0.6) is 0 Å². The molecule has 0 heterocycles. The molecule has 24 nitrogen and oxygen atoms in total. The first-order valence-corrected chi connectivity index (χ1v) is 52.8. The fourth-order valence-corrected chi connectivity index (χ4v) is 11.4. The summed E-state index contributed by atoms with van der Waals surface area (Å²) in [5, 5.41) is 0.0754. The van der Waals surface area contributed by atoms with E-state index in [1.54, 1.807) is 0 Å². The Bertz CT molecular complexity index is 2570. The van der Waals surface area contributed by atoms with Crippen molar-refractivity contribution in [3.63, 3.8) is 0 Å². The van der Waals surface area contributed by atoms with Gasteiger partial charge in [-0.2, -0.15) is 0 Å². The molecule has 135 heavy (non-hydrogen) atoms. The maximum atomic E-state index is 5.50. The van der Waals surface area contributed by atoms with E-state index in [2.05, 4.69) is 128 Å². The molecule has 0 bridgehead atoms. The minimum atomic E-state index is -0.218. The molecule has 3 rings (SSSR count). The fourth-order valence-electron chi connectivity index (χ4n) is 11.4. The number of benzene rings is 3. The van der Waals surface area contributed by atoms with E-state index in [-0.39, 0.29) is 90.7 Å². The van der Waals surface area contributed by atoms with Crippen molar-refractivity contribution < 1.29 is 112 Å². The Balaban J connectivity index is -0.000000184. The fraction of sp³-hybridized carbons (Fsp3) is 0.818. The highest BCUT2D eigenvalue weighted by molar-refractivity contribution is 6.62. The van der Waals surface area contributed by atoms with Gasteiger partial charge >= 0.3 is 85.4 Å². The highest BCUT2D eigenvalue weighted by atomic mass is 16.6. The van der Waals surface area contributed by atoms with Crippen molar-refractivity contribution in [1.82, 2.24) is 0 Å². The molecule has 0 aliphatic carbocycles. The Kier molecular flexibility index (Phi) is 132. The van der Waals surface area contributed by atoms with Gasteiger partial charge in [0.25, 0.3) is 0 Å². The van der Waals surface area contributed by atoms with E-state index in [9.17, 15) is 0 Å². The summed E-state index contributed by atoms with van der Waals surface area (Å²) in [7, 11) is -0.655. The standard InChI is InChI=1S/2C11H17BO2.C10H15BO2.2C9H21BO2.3C8H19BO2.2C7H17BO2.C6H15BO2.C5H13BO2/c1-4-13-12(14-5-2)11-8-6-10(3)7-9-11;1-4-13-12(14-5-2)11-8-6-7-10(3)9-11;1-3-12-11(13-4-2)10-8-6-5-7-9-10;1-5-11-10(12-6-2)8-7-9(3)4;1-4-7-8-9-10(11-5-2)12-6-3;1-6-10-9(11-7-2)8(3,4)5;1-5-8(4)9(10-6-2)11-7-3;1-4-7-8-9(10-5-2)11-6-3;1-5-9-8(7(3)4)10-6-2;1-4-7-8(9-5-2)10-6-3;1-4-7(8-5-2)9-6-3;1-4-7-6(3)8-5-2/h2*6-9H,4-5H2,1-3H3;5-9H,3-4H2,1-2H3;9H,5-8H2,1-4H3;4-9H2,1-3H3;6-7H2,1-5H3;8H,5-7H2,1-4H3;4-8H2,1-3H3;7H,5-6H2,1-4H3;4-7H2,1-3H3;4-6H2,1-3H3;4-5H2,1-3H3. The van der Waals surface area contributed by atoms with E-state index >= 15 is 0 Å².